The van der Waals surface area contributed by atoms with Gasteiger partial charge in [-0.25, -0.2) is 0 Å². The first kappa shape index (κ1) is 34.7. The number of carbonyl (C=O) groups is 1. The molecule has 0 aromatic heterocycles. The van der Waals surface area contributed by atoms with Crippen LogP contribution in [-0.4, -0.2) is 12.5 Å². The van der Waals surface area contributed by atoms with Crippen molar-refractivity contribution in [3.63, 3.8) is 0 Å². The fraction of sp³-hybridized carbons (Fsp3) is 0.806. The second kappa shape index (κ2) is 28.7. The van der Waals surface area contributed by atoms with Gasteiger partial charge in [-0.1, -0.05) is 191 Å². The summed E-state index contributed by atoms with van der Waals surface area (Å²) in [6.45, 7) is 3.05. The quantitative estimate of drug-likeness (QED) is 0.103. The average molecular weight is 528 g/mol. The van der Waals surface area contributed by atoms with Crippen molar-refractivity contribution < 1.29 is 4.79 Å². The van der Waals surface area contributed by atoms with E-state index in [1.165, 1.54) is 160 Å². The molecule has 2 heteroatoms. The van der Waals surface area contributed by atoms with Crippen molar-refractivity contribution in [3.05, 3.63) is 35.9 Å². The molecular formula is C36H65NO. The van der Waals surface area contributed by atoms with Crippen LogP contribution in [0.15, 0.2) is 30.3 Å². The van der Waals surface area contributed by atoms with Crippen LogP contribution in [0.3, 0.4) is 0 Å². The molecule has 0 saturated carbocycles. The maximum Gasteiger partial charge on any atom is 0.220 e. The molecule has 220 valence electrons. The summed E-state index contributed by atoms with van der Waals surface area (Å²) in [7, 11) is 0. The third-order valence-corrected chi connectivity index (χ3v) is 8.09. The zero-order valence-electron chi connectivity index (χ0n) is 25.6. The van der Waals surface area contributed by atoms with Crippen molar-refractivity contribution in [2.24, 2.45) is 0 Å². The van der Waals surface area contributed by atoms with Crippen LogP contribution in [0.1, 0.15) is 179 Å². The van der Waals surface area contributed by atoms with E-state index < -0.39 is 0 Å². The molecule has 0 aliphatic heterocycles. The number of carbonyl (C=O) groups excluding carboxylic acids is 1. The lowest BCUT2D eigenvalue weighted by atomic mass is 10.0. The van der Waals surface area contributed by atoms with Crippen LogP contribution in [0.2, 0.25) is 0 Å². The van der Waals surface area contributed by atoms with Gasteiger partial charge in [0.05, 0.1) is 0 Å². The average Bonchev–Trinajstić information content (AvgIpc) is 2.93. The number of benzene rings is 1. The Morgan fingerprint density at radius 1 is 0.500 bits per heavy atom. The molecule has 0 aliphatic carbocycles. The largest absolute Gasteiger partial charge is 0.356 e. The lowest BCUT2D eigenvalue weighted by molar-refractivity contribution is -0.121. The highest BCUT2D eigenvalue weighted by Crippen LogP contribution is 2.16. The van der Waals surface area contributed by atoms with E-state index in [0.29, 0.717) is 6.42 Å². The van der Waals surface area contributed by atoms with Gasteiger partial charge in [-0.05, 0) is 18.4 Å². The van der Waals surface area contributed by atoms with Crippen molar-refractivity contribution in [2.75, 3.05) is 6.54 Å². The maximum absolute atomic E-state index is 12.0. The van der Waals surface area contributed by atoms with Gasteiger partial charge >= 0.3 is 0 Å². The van der Waals surface area contributed by atoms with Crippen molar-refractivity contribution in [1.29, 1.82) is 0 Å². The first-order valence-corrected chi connectivity index (χ1v) is 17.1. The Morgan fingerprint density at radius 2 is 0.842 bits per heavy atom. The lowest BCUT2D eigenvalue weighted by Crippen LogP contribution is -2.25. The topological polar surface area (TPSA) is 29.1 Å². The summed E-state index contributed by atoms with van der Waals surface area (Å²) >= 11 is 0. The van der Waals surface area contributed by atoms with E-state index in [1.54, 1.807) is 0 Å². The summed E-state index contributed by atoms with van der Waals surface area (Å²) in [5, 5.41) is 3.06. The highest BCUT2D eigenvalue weighted by molar-refractivity contribution is 5.75. The number of rotatable bonds is 29. The predicted molar refractivity (Wildman–Crippen MR) is 169 cm³/mol. The minimum absolute atomic E-state index is 0.218. The molecule has 1 aromatic rings. The molecule has 0 bridgehead atoms. The summed E-state index contributed by atoms with van der Waals surface area (Å²) in [6, 6.07) is 10.4. The van der Waals surface area contributed by atoms with E-state index in [1.807, 2.05) is 6.07 Å². The summed E-state index contributed by atoms with van der Waals surface area (Å²) < 4.78 is 0. The van der Waals surface area contributed by atoms with E-state index in [0.717, 1.165) is 19.4 Å². The summed E-state index contributed by atoms with van der Waals surface area (Å²) in [5.74, 6) is 0.218. The number of hydrogen-bond donors (Lipinski definition) is 1. The van der Waals surface area contributed by atoms with Crippen molar-refractivity contribution in [2.45, 2.75) is 180 Å². The molecule has 2 nitrogen and oxygen atoms in total. The van der Waals surface area contributed by atoms with Gasteiger partial charge in [0, 0.05) is 13.0 Å². The molecule has 1 amide bonds. The molecule has 1 rings (SSSR count). The van der Waals surface area contributed by atoms with E-state index in [9.17, 15) is 4.79 Å². The van der Waals surface area contributed by atoms with Gasteiger partial charge < -0.3 is 5.32 Å². The van der Waals surface area contributed by atoms with Crippen LogP contribution in [0, 0.1) is 0 Å². The van der Waals surface area contributed by atoms with Gasteiger partial charge in [0.15, 0.2) is 0 Å². The van der Waals surface area contributed by atoms with E-state index in [2.05, 4.69) is 36.5 Å². The second-order valence-corrected chi connectivity index (χ2v) is 11.8. The Bertz CT molecular complexity index is 599. The molecular weight excluding hydrogens is 462 g/mol. The van der Waals surface area contributed by atoms with Crippen LogP contribution in [0.4, 0.5) is 0 Å². The molecule has 0 unspecified atom stereocenters. The van der Waals surface area contributed by atoms with Crippen LogP contribution in [0.5, 0.6) is 0 Å². The highest BCUT2D eigenvalue weighted by atomic mass is 16.1. The second-order valence-electron chi connectivity index (χ2n) is 11.8. The standard InChI is InChI=1S/C36H65NO/c1-2-3-4-5-6-7-8-9-10-11-12-13-14-15-16-17-18-19-20-21-22-23-24-25-29-32-36(38)37-34-33-35-30-27-26-28-31-35/h26-28,30-31H,2-25,29,32-34H2,1H3,(H,37,38). The van der Waals surface area contributed by atoms with Crippen molar-refractivity contribution in [1.82, 2.24) is 5.32 Å². The van der Waals surface area contributed by atoms with Gasteiger partial charge in [-0.15, -0.1) is 0 Å². The molecule has 38 heavy (non-hydrogen) atoms. The summed E-state index contributed by atoms with van der Waals surface area (Å²) in [4.78, 5) is 12.0. The van der Waals surface area contributed by atoms with Gasteiger partial charge in [-0.3, -0.25) is 4.79 Å². The van der Waals surface area contributed by atoms with Crippen LogP contribution in [0.25, 0.3) is 0 Å². The van der Waals surface area contributed by atoms with Gasteiger partial charge in [0.25, 0.3) is 0 Å². The van der Waals surface area contributed by atoms with Crippen LogP contribution >= 0.6 is 0 Å². The Kier molecular flexibility index (Phi) is 26.2. The molecule has 0 atom stereocenters. The van der Waals surface area contributed by atoms with E-state index in [4.69, 9.17) is 0 Å². The fourth-order valence-electron chi connectivity index (χ4n) is 5.50. The summed E-state index contributed by atoms with van der Waals surface area (Å²) in [6.07, 6.45) is 36.9. The number of hydrogen-bond acceptors (Lipinski definition) is 1. The van der Waals surface area contributed by atoms with Crippen LogP contribution in [-0.2, 0) is 11.2 Å². The van der Waals surface area contributed by atoms with E-state index >= 15 is 0 Å². The van der Waals surface area contributed by atoms with E-state index in [-0.39, 0.29) is 5.91 Å². The van der Waals surface area contributed by atoms with Crippen molar-refractivity contribution >= 4 is 5.91 Å². The zero-order valence-corrected chi connectivity index (χ0v) is 25.6. The molecule has 0 heterocycles. The lowest BCUT2D eigenvalue weighted by Gasteiger charge is -2.06. The Morgan fingerprint density at radius 3 is 1.21 bits per heavy atom. The molecule has 0 aliphatic rings. The number of amides is 1. The Hall–Kier alpha value is -1.31. The minimum Gasteiger partial charge on any atom is -0.356 e. The fourth-order valence-corrected chi connectivity index (χ4v) is 5.50. The monoisotopic (exact) mass is 528 g/mol. The molecule has 0 saturated heterocycles. The Labute approximate surface area is 238 Å². The molecule has 0 radical (unpaired) electrons. The van der Waals surface area contributed by atoms with Gasteiger partial charge in [0.1, 0.15) is 0 Å². The third kappa shape index (κ3) is 25.0. The number of unbranched alkanes of at least 4 members (excludes halogenated alkanes) is 24. The highest BCUT2D eigenvalue weighted by Gasteiger charge is 2.01. The molecule has 1 aromatic carbocycles. The summed E-state index contributed by atoms with van der Waals surface area (Å²) in [5.41, 5.74) is 1.29. The predicted octanol–water partition coefficient (Wildman–Crippen LogP) is 11.5. The molecule has 1 N–H and O–H groups in total. The Balaban J connectivity index is 1.67. The maximum atomic E-state index is 12.0. The normalized spacial score (nSPS) is 11.2. The molecule has 0 spiro atoms. The minimum atomic E-state index is 0.218. The third-order valence-electron chi connectivity index (χ3n) is 8.09. The van der Waals surface area contributed by atoms with Crippen LogP contribution < -0.4 is 5.32 Å². The van der Waals surface area contributed by atoms with Crippen molar-refractivity contribution in [3.8, 4) is 0 Å². The zero-order chi connectivity index (χ0) is 27.2. The molecule has 0 fully saturated rings. The van der Waals surface area contributed by atoms with Gasteiger partial charge in [-0.2, -0.15) is 0 Å². The smallest absolute Gasteiger partial charge is 0.220 e. The number of nitrogens with one attached hydrogen (secondary N) is 1. The first-order valence-electron chi connectivity index (χ1n) is 17.1. The SMILES string of the molecule is CCCCCCCCCCCCCCCCCCCCCCCCCCCC(=O)NCCc1ccccc1. The van der Waals surface area contributed by atoms with Gasteiger partial charge in [0.2, 0.25) is 5.91 Å². The first-order chi connectivity index (χ1) is 18.8.